The molecule has 7 heteroatoms. The first-order chi connectivity index (χ1) is 9.95. The predicted octanol–water partition coefficient (Wildman–Crippen LogP) is 2.46. The Morgan fingerprint density at radius 2 is 2.14 bits per heavy atom. The summed E-state index contributed by atoms with van der Waals surface area (Å²) in [5.41, 5.74) is 0.991. The molecule has 0 atom stereocenters. The molecule has 2 rings (SSSR count). The smallest absolute Gasteiger partial charge is 0.289 e. The standard InChI is InChI=1S/C14H14BrN3O3/c1-9-5-6-16-12(7-9)17-13(19)8-18(2)14(20)10-3-4-11(15)21-10/h3-7H,8H2,1-2H3,(H,16,17,19). The Labute approximate surface area is 130 Å². The van der Waals surface area contributed by atoms with Crippen molar-refractivity contribution in [2.45, 2.75) is 6.92 Å². The van der Waals surface area contributed by atoms with Gasteiger partial charge in [0.2, 0.25) is 5.91 Å². The van der Waals surface area contributed by atoms with Crippen LogP contribution in [0.3, 0.4) is 0 Å². The number of aryl methyl sites for hydroxylation is 1. The number of nitrogens with one attached hydrogen (secondary N) is 1. The Hall–Kier alpha value is -2.15. The molecule has 2 amide bonds. The van der Waals surface area contributed by atoms with E-state index in [1.165, 1.54) is 11.9 Å². The Morgan fingerprint density at radius 3 is 2.76 bits per heavy atom. The van der Waals surface area contributed by atoms with E-state index in [0.717, 1.165) is 5.56 Å². The Morgan fingerprint density at radius 1 is 1.38 bits per heavy atom. The van der Waals surface area contributed by atoms with Gasteiger partial charge in [0.25, 0.3) is 5.91 Å². The summed E-state index contributed by atoms with van der Waals surface area (Å²) < 4.78 is 5.63. The van der Waals surface area contributed by atoms with Gasteiger partial charge in [0.05, 0.1) is 0 Å². The topological polar surface area (TPSA) is 75.4 Å². The molecular weight excluding hydrogens is 338 g/mol. The van der Waals surface area contributed by atoms with E-state index in [2.05, 4.69) is 26.2 Å². The van der Waals surface area contributed by atoms with Crippen LogP contribution < -0.4 is 5.32 Å². The minimum absolute atomic E-state index is 0.0905. The fourth-order valence-corrected chi connectivity index (χ4v) is 2.00. The molecule has 1 N–H and O–H groups in total. The molecule has 0 spiro atoms. The average molecular weight is 352 g/mol. The van der Waals surface area contributed by atoms with Gasteiger partial charge in [-0.15, -0.1) is 0 Å². The molecular formula is C14H14BrN3O3. The molecule has 0 unspecified atom stereocenters. The van der Waals surface area contributed by atoms with E-state index in [9.17, 15) is 9.59 Å². The van der Waals surface area contributed by atoms with Gasteiger partial charge < -0.3 is 14.6 Å². The first kappa shape index (κ1) is 15.2. The van der Waals surface area contributed by atoms with E-state index in [-0.39, 0.29) is 24.1 Å². The fraction of sp³-hybridized carbons (Fsp3) is 0.214. The number of rotatable bonds is 4. The van der Waals surface area contributed by atoms with E-state index < -0.39 is 0 Å². The van der Waals surface area contributed by atoms with Crippen molar-refractivity contribution >= 4 is 33.6 Å². The molecule has 0 aliphatic rings. The normalized spacial score (nSPS) is 10.2. The summed E-state index contributed by atoms with van der Waals surface area (Å²) in [6, 6.07) is 6.75. The number of hydrogen-bond donors (Lipinski definition) is 1. The lowest BCUT2D eigenvalue weighted by Gasteiger charge is -2.15. The number of furan rings is 1. The molecule has 21 heavy (non-hydrogen) atoms. The van der Waals surface area contributed by atoms with Gasteiger partial charge in [-0.05, 0) is 52.7 Å². The number of aromatic nitrogens is 1. The van der Waals surface area contributed by atoms with Crippen LogP contribution in [0.4, 0.5) is 5.82 Å². The zero-order valence-electron chi connectivity index (χ0n) is 11.6. The van der Waals surface area contributed by atoms with Crippen LogP contribution in [0.1, 0.15) is 16.1 Å². The van der Waals surface area contributed by atoms with Crippen LogP contribution in [-0.4, -0.2) is 35.3 Å². The average Bonchev–Trinajstić information content (AvgIpc) is 2.84. The molecule has 0 aliphatic carbocycles. The van der Waals surface area contributed by atoms with E-state index in [1.54, 1.807) is 24.4 Å². The molecule has 0 fully saturated rings. The van der Waals surface area contributed by atoms with E-state index in [1.807, 2.05) is 13.0 Å². The third-order valence-electron chi connectivity index (χ3n) is 2.69. The Bertz CT molecular complexity index is 669. The molecule has 6 nitrogen and oxygen atoms in total. The number of carbonyl (C=O) groups excluding carboxylic acids is 2. The van der Waals surface area contributed by atoms with Gasteiger partial charge >= 0.3 is 0 Å². The zero-order chi connectivity index (χ0) is 15.4. The SMILES string of the molecule is Cc1ccnc(NC(=O)CN(C)C(=O)c2ccc(Br)o2)c1. The van der Waals surface area contributed by atoms with Gasteiger partial charge in [-0.2, -0.15) is 0 Å². The number of nitrogens with zero attached hydrogens (tertiary/aromatic N) is 2. The monoisotopic (exact) mass is 351 g/mol. The molecule has 2 aromatic rings. The van der Waals surface area contributed by atoms with E-state index >= 15 is 0 Å². The highest BCUT2D eigenvalue weighted by Crippen LogP contribution is 2.15. The van der Waals surface area contributed by atoms with Crippen LogP contribution in [0.15, 0.2) is 39.5 Å². The number of carbonyl (C=O) groups is 2. The van der Waals surface area contributed by atoms with Crippen LogP contribution in [0.2, 0.25) is 0 Å². The van der Waals surface area contributed by atoms with Crippen molar-refractivity contribution in [2.75, 3.05) is 18.9 Å². The third kappa shape index (κ3) is 4.16. The maximum atomic E-state index is 12.0. The maximum Gasteiger partial charge on any atom is 0.289 e. The second kappa shape index (κ2) is 6.53. The second-order valence-electron chi connectivity index (χ2n) is 4.53. The maximum absolute atomic E-state index is 12.0. The summed E-state index contributed by atoms with van der Waals surface area (Å²) in [7, 11) is 1.53. The van der Waals surface area contributed by atoms with Gasteiger partial charge in [-0.25, -0.2) is 4.98 Å². The molecule has 110 valence electrons. The van der Waals surface area contributed by atoms with Gasteiger partial charge in [0.15, 0.2) is 10.4 Å². The van der Waals surface area contributed by atoms with Crippen molar-refractivity contribution in [3.8, 4) is 0 Å². The van der Waals surface area contributed by atoms with Crippen molar-refractivity contribution in [3.05, 3.63) is 46.5 Å². The van der Waals surface area contributed by atoms with Crippen molar-refractivity contribution in [1.82, 2.24) is 9.88 Å². The lowest BCUT2D eigenvalue weighted by molar-refractivity contribution is -0.116. The van der Waals surface area contributed by atoms with Crippen molar-refractivity contribution in [1.29, 1.82) is 0 Å². The molecule has 0 radical (unpaired) electrons. The molecule has 2 aromatic heterocycles. The van der Waals surface area contributed by atoms with E-state index in [4.69, 9.17) is 4.42 Å². The van der Waals surface area contributed by atoms with E-state index in [0.29, 0.717) is 10.5 Å². The van der Waals surface area contributed by atoms with Crippen LogP contribution >= 0.6 is 15.9 Å². The fourth-order valence-electron chi connectivity index (χ4n) is 1.69. The number of anilines is 1. The van der Waals surface area contributed by atoms with Gasteiger partial charge in [-0.1, -0.05) is 0 Å². The Balaban J connectivity index is 1.94. The van der Waals surface area contributed by atoms with Crippen molar-refractivity contribution in [3.63, 3.8) is 0 Å². The van der Waals surface area contributed by atoms with Crippen molar-refractivity contribution < 1.29 is 14.0 Å². The summed E-state index contributed by atoms with van der Waals surface area (Å²) in [6.07, 6.45) is 1.61. The summed E-state index contributed by atoms with van der Waals surface area (Å²) >= 11 is 3.13. The number of hydrogen-bond acceptors (Lipinski definition) is 4. The molecule has 0 aromatic carbocycles. The minimum Gasteiger partial charge on any atom is -0.444 e. The first-order valence-corrected chi connectivity index (χ1v) is 6.98. The van der Waals surface area contributed by atoms with Gasteiger partial charge in [0, 0.05) is 13.2 Å². The predicted molar refractivity (Wildman–Crippen MR) is 81.0 cm³/mol. The van der Waals surface area contributed by atoms with Gasteiger partial charge in [0.1, 0.15) is 12.4 Å². The number of pyridine rings is 1. The highest BCUT2D eigenvalue weighted by atomic mass is 79.9. The number of likely N-dealkylation sites (N-methyl/N-ethyl adjacent to an activating group) is 1. The first-order valence-electron chi connectivity index (χ1n) is 6.19. The van der Waals surface area contributed by atoms with Crippen LogP contribution in [0.5, 0.6) is 0 Å². The lowest BCUT2D eigenvalue weighted by Crippen LogP contribution is -2.34. The molecule has 2 heterocycles. The largest absolute Gasteiger partial charge is 0.444 e. The summed E-state index contributed by atoms with van der Waals surface area (Å²) in [5.74, 6) is -0.0601. The summed E-state index contributed by atoms with van der Waals surface area (Å²) in [6.45, 7) is 1.81. The Kier molecular flexibility index (Phi) is 4.74. The highest BCUT2D eigenvalue weighted by molar-refractivity contribution is 9.10. The number of amides is 2. The number of halogens is 1. The zero-order valence-corrected chi connectivity index (χ0v) is 13.2. The minimum atomic E-state index is -0.368. The van der Waals surface area contributed by atoms with Gasteiger partial charge in [-0.3, -0.25) is 9.59 Å². The highest BCUT2D eigenvalue weighted by Gasteiger charge is 2.18. The second-order valence-corrected chi connectivity index (χ2v) is 5.31. The molecule has 0 saturated carbocycles. The quantitative estimate of drug-likeness (QED) is 0.917. The lowest BCUT2D eigenvalue weighted by atomic mass is 10.3. The summed E-state index contributed by atoms with van der Waals surface area (Å²) in [5, 5.41) is 2.64. The molecule has 0 bridgehead atoms. The van der Waals surface area contributed by atoms with Crippen LogP contribution in [0.25, 0.3) is 0 Å². The molecule has 0 aliphatic heterocycles. The van der Waals surface area contributed by atoms with Crippen LogP contribution in [-0.2, 0) is 4.79 Å². The third-order valence-corrected chi connectivity index (χ3v) is 3.12. The van der Waals surface area contributed by atoms with Crippen molar-refractivity contribution in [2.24, 2.45) is 0 Å². The summed E-state index contributed by atoms with van der Waals surface area (Å²) in [4.78, 5) is 29.2. The molecule has 0 saturated heterocycles. The van der Waals surface area contributed by atoms with Crippen LogP contribution in [0, 0.1) is 6.92 Å².